The maximum absolute atomic E-state index is 12.4. The van der Waals surface area contributed by atoms with Crippen LogP contribution in [0.4, 0.5) is 4.79 Å². The second-order valence-electron chi connectivity index (χ2n) is 5.14. The highest BCUT2D eigenvalue weighted by atomic mass is 32.2. The summed E-state index contributed by atoms with van der Waals surface area (Å²) in [6.45, 7) is 4.60. The van der Waals surface area contributed by atoms with Gasteiger partial charge in [-0.25, -0.2) is 4.79 Å². The number of hydrogen-bond donors (Lipinski definition) is 1. The van der Waals surface area contributed by atoms with Gasteiger partial charge >= 0.3 is 6.03 Å². The lowest BCUT2D eigenvalue weighted by atomic mass is 10.2. The molecule has 1 N–H and O–H groups in total. The number of amides is 3. The molecule has 1 atom stereocenters. The SMILES string of the molecule is Cc1ccccc1-n1nnnc1S[C@H](C)C(=O)N1CCNC1=O. The lowest BCUT2D eigenvalue weighted by Gasteiger charge is -2.17. The number of nitrogens with zero attached hydrogens (tertiary/aromatic N) is 5. The first-order valence-electron chi connectivity index (χ1n) is 7.18. The summed E-state index contributed by atoms with van der Waals surface area (Å²) in [6, 6.07) is 7.38. The summed E-state index contributed by atoms with van der Waals surface area (Å²) in [6.07, 6.45) is 0. The maximum Gasteiger partial charge on any atom is 0.324 e. The predicted octanol–water partition coefficient (Wildman–Crippen LogP) is 1.00. The van der Waals surface area contributed by atoms with Gasteiger partial charge in [0.1, 0.15) is 0 Å². The number of aromatic nitrogens is 4. The molecule has 1 aromatic heterocycles. The first-order valence-corrected chi connectivity index (χ1v) is 8.06. The van der Waals surface area contributed by atoms with Crippen LogP contribution in [-0.2, 0) is 4.79 Å². The number of imide groups is 1. The van der Waals surface area contributed by atoms with E-state index in [9.17, 15) is 9.59 Å². The Morgan fingerprint density at radius 3 is 2.87 bits per heavy atom. The van der Waals surface area contributed by atoms with Gasteiger partial charge in [0.15, 0.2) is 0 Å². The summed E-state index contributed by atoms with van der Waals surface area (Å²) in [7, 11) is 0. The van der Waals surface area contributed by atoms with Crippen LogP contribution in [0.3, 0.4) is 0 Å². The molecule has 1 aromatic carbocycles. The highest BCUT2D eigenvalue weighted by molar-refractivity contribution is 8.00. The van der Waals surface area contributed by atoms with Gasteiger partial charge < -0.3 is 5.32 Å². The van der Waals surface area contributed by atoms with Crippen LogP contribution in [0, 0.1) is 6.92 Å². The predicted molar refractivity (Wildman–Crippen MR) is 84.3 cm³/mol. The molecule has 0 spiro atoms. The van der Waals surface area contributed by atoms with Gasteiger partial charge in [-0.3, -0.25) is 9.69 Å². The number of urea groups is 1. The molecular formula is C14H16N6O2S. The van der Waals surface area contributed by atoms with Crippen LogP contribution in [0.25, 0.3) is 5.69 Å². The minimum absolute atomic E-state index is 0.246. The lowest BCUT2D eigenvalue weighted by molar-refractivity contribution is -0.126. The van der Waals surface area contributed by atoms with E-state index < -0.39 is 5.25 Å². The molecular weight excluding hydrogens is 316 g/mol. The van der Waals surface area contributed by atoms with Crippen LogP contribution in [0.1, 0.15) is 12.5 Å². The third-order valence-corrected chi connectivity index (χ3v) is 4.56. The Bertz CT molecular complexity index is 746. The van der Waals surface area contributed by atoms with Crippen molar-refractivity contribution < 1.29 is 9.59 Å². The van der Waals surface area contributed by atoms with E-state index in [0.29, 0.717) is 18.2 Å². The van der Waals surface area contributed by atoms with Crippen molar-refractivity contribution in [3.05, 3.63) is 29.8 Å². The normalized spacial score (nSPS) is 15.6. The number of aryl methyl sites for hydroxylation is 1. The molecule has 0 bridgehead atoms. The summed E-state index contributed by atoms with van der Waals surface area (Å²) in [5, 5.41) is 14.4. The molecule has 0 radical (unpaired) electrons. The molecule has 3 amide bonds. The molecule has 2 aromatic rings. The number of hydrogen-bond acceptors (Lipinski definition) is 6. The first-order chi connectivity index (χ1) is 11.1. The third-order valence-electron chi connectivity index (χ3n) is 3.54. The van der Waals surface area contributed by atoms with E-state index in [1.54, 1.807) is 11.6 Å². The lowest BCUT2D eigenvalue weighted by Crippen LogP contribution is -2.39. The van der Waals surface area contributed by atoms with Crippen molar-refractivity contribution in [2.45, 2.75) is 24.3 Å². The summed E-state index contributed by atoms with van der Waals surface area (Å²) >= 11 is 1.23. The average Bonchev–Trinajstić information content (AvgIpc) is 3.16. The minimum Gasteiger partial charge on any atom is -0.336 e. The molecule has 1 aliphatic heterocycles. The number of rotatable bonds is 4. The van der Waals surface area contributed by atoms with Gasteiger partial charge in [-0.05, 0) is 35.9 Å². The van der Waals surface area contributed by atoms with Crippen molar-refractivity contribution in [3.63, 3.8) is 0 Å². The summed E-state index contributed by atoms with van der Waals surface area (Å²) in [5.74, 6) is -0.246. The monoisotopic (exact) mass is 332 g/mol. The molecule has 8 nitrogen and oxygen atoms in total. The molecule has 0 saturated carbocycles. The Hall–Kier alpha value is -2.42. The van der Waals surface area contributed by atoms with E-state index in [0.717, 1.165) is 11.3 Å². The Kier molecular flexibility index (Phi) is 4.28. The van der Waals surface area contributed by atoms with Crippen molar-refractivity contribution in [1.29, 1.82) is 0 Å². The van der Waals surface area contributed by atoms with Crippen molar-refractivity contribution in [1.82, 2.24) is 30.4 Å². The molecule has 0 unspecified atom stereocenters. The molecule has 9 heteroatoms. The largest absolute Gasteiger partial charge is 0.336 e. The fourth-order valence-electron chi connectivity index (χ4n) is 2.31. The molecule has 1 saturated heterocycles. The van der Waals surface area contributed by atoms with E-state index in [4.69, 9.17) is 0 Å². The standard InChI is InChI=1S/C14H16N6O2S/c1-9-5-3-4-6-11(9)20-14(16-17-18-20)23-10(2)12(21)19-8-7-15-13(19)22/h3-6,10H,7-8H2,1-2H3,(H,15,22)/t10-/m1/s1. The van der Waals surface area contributed by atoms with E-state index in [-0.39, 0.29) is 11.9 Å². The van der Waals surface area contributed by atoms with Crippen LogP contribution in [0.2, 0.25) is 0 Å². The van der Waals surface area contributed by atoms with Crippen LogP contribution in [-0.4, -0.2) is 55.4 Å². The zero-order chi connectivity index (χ0) is 16.4. The Balaban J connectivity index is 1.79. The van der Waals surface area contributed by atoms with Crippen LogP contribution in [0.15, 0.2) is 29.4 Å². The average molecular weight is 332 g/mol. The van der Waals surface area contributed by atoms with E-state index >= 15 is 0 Å². The molecule has 120 valence electrons. The number of nitrogens with one attached hydrogen (secondary N) is 1. The van der Waals surface area contributed by atoms with Gasteiger partial charge in [0.05, 0.1) is 10.9 Å². The van der Waals surface area contributed by atoms with Crippen molar-refractivity contribution in [3.8, 4) is 5.69 Å². The quantitative estimate of drug-likeness (QED) is 0.840. The molecule has 2 heterocycles. The van der Waals surface area contributed by atoms with E-state index in [2.05, 4.69) is 20.8 Å². The van der Waals surface area contributed by atoms with Crippen LogP contribution >= 0.6 is 11.8 Å². The minimum atomic E-state index is -0.465. The highest BCUT2D eigenvalue weighted by Gasteiger charge is 2.31. The Labute approximate surface area is 137 Å². The number of thioether (sulfide) groups is 1. The summed E-state index contributed by atoms with van der Waals surface area (Å²) in [5.41, 5.74) is 1.89. The fraction of sp³-hybridized carbons (Fsp3) is 0.357. The van der Waals surface area contributed by atoms with Gasteiger partial charge in [0, 0.05) is 13.1 Å². The second-order valence-corrected chi connectivity index (χ2v) is 6.45. The van der Waals surface area contributed by atoms with Crippen molar-refractivity contribution in [2.24, 2.45) is 0 Å². The van der Waals surface area contributed by atoms with E-state index in [1.807, 2.05) is 31.2 Å². The van der Waals surface area contributed by atoms with Crippen molar-refractivity contribution in [2.75, 3.05) is 13.1 Å². The van der Waals surface area contributed by atoms with Gasteiger partial charge in [-0.15, -0.1) is 5.10 Å². The molecule has 23 heavy (non-hydrogen) atoms. The molecule has 1 aliphatic rings. The topological polar surface area (TPSA) is 93.0 Å². The number of tetrazole rings is 1. The first kappa shape index (κ1) is 15.5. The molecule has 3 rings (SSSR count). The molecule has 0 aliphatic carbocycles. The summed E-state index contributed by atoms with van der Waals surface area (Å²) in [4.78, 5) is 25.2. The summed E-state index contributed by atoms with van der Waals surface area (Å²) < 4.78 is 1.60. The zero-order valence-corrected chi connectivity index (χ0v) is 13.6. The van der Waals surface area contributed by atoms with Gasteiger partial charge in [-0.2, -0.15) is 4.68 Å². The maximum atomic E-state index is 12.4. The smallest absolute Gasteiger partial charge is 0.324 e. The fourth-order valence-corrected chi connectivity index (χ4v) is 3.18. The van der Waals surface area contributed by atoms with Gasteiger partial charge in [0.2, 0.25) is 11.1 Å². The highest BCUT2D eigenvalue weighted by Crippen LogP contribution is 2.25. The number of benzene rings is 1. The number of para-hydroxylation sites is 1. The number of carbonyl (C=O) groups is 2. The third kappa shape index (κ3) is 3.04. The zero-order valence-electron chi connectivity index (χ0n) is 12.8. The second kappa shape index (κ2) is 6.37. The van der Waals surface area contributed by atoms with Crippen molar-refractivity contribution >= 4 is 23.7 Å². The van der Waals surface area contributed by atoms with Crippen LogP contribution in [0.5, 0.6) is 0 Å². The van der Waals surface area contributed by atoms with Gasteiger partial charge in [-0.1, -0.05) is 30.0 Å². The van der Waals surface area contributed by atoms with E-state index in [1.165, 1.54) is 16.7 Å². The molecule has 1 fully saturated rings. The van der Waals surface area contributed by atoms with Crippen LogP contribution < -0.4 is 5.32 Å². The number of carbonyl (C=O) groups excluding carboxylic acids is 2. The Morgan fingerprint density at radius 1 is 1.39 bits per heavy atom. The van der Waals surface area contributed by atoms with Gasteiger partial charge in [0.25, 0.3) is 0 Å². The Morgan fingerprint density at radius 2 is 2.17 bits per heavy atom.